The lowest BCUT2D eigenvalue weighted by molar-refractivity contribution is -0.161. The highest BCUT2D eigenvalue weighted by atomic mass is 32.2. The molecule has 28 heavy (non-hydrogen) atoms. The first-order chi connectivity index (χ1) is 13.0. The summed E-state index contributed by atoms with van der Waals surface area (Å²) in [7, 11) is -3.83. The highest BCUT2D eigenvalue weighted by molar-refractivity contribution is 7.89. The molecule has 1 aliphatic heterocycles. The molecule has 0 saturated carbocycles. The number of esters is 1. The van der Waals surface area contributed by atoms with Crippen molar-refractivity contribution in [1.82, 2.24) is 9.62 Å². The van der Waals surface area contributed by atoms with Crippen LogP contribution in [0.5, 0.6) is 0 Å². The Morgan fingerprint density at radius 2 is 1.79 bits per heavy atom. The van der Waals surface area contributed by atoms with E-state index in [0.717, 1.165) is 30.4 Å². The van der Waals surface area contributed by atoms with E-state index in [9.17, 15) is 18.0 Å². The Bertz CT molecular complexity index is 827. The second-order valence-corrected chi connectivity index (χ2v) is 9.34. The van der Waals surface area contributed by atoms with Crippen LogP contribution in [0, 0.1) is 13.8 Å². The number of sulfonamides is 1. The van der Waals surface area contributed by atoms with Crippen molar-refractivity contribution in [2.24, 2.45) is 0 Å². The van der Waals surface area contributed by atoms with E-state index in [2.05, 4.69) is 4.72 Å². The van der Waals surface area contributed by atoms with Gasteiger partial charge in [-0.3, -0.25) is 9.59 Å². The van der Waals surface area contributed by atoms with Crippen molar-refractivity contribution >= 4 is 21.9 Å². The molecule has 0 unspecified atom stereocenters. The molecule has 1 fully saturated rings. The van der Waals surface area contributed by atoms with Crippen molar-refractivity contribution in [3.05, 3.63) is 29.3 Å². The number of hydrogen-bond acceptors (Lipinski definition) is 5. The Balaban J connectivity index is 1.94. The summed E-state index contributed by atoms with van der Waals surface area (Å²) in [4.78, 5) is 26.6. The minimum atomic E-state index is -3.83. The molecule has 1 aromatic rings. The molecule has 0 radical (unpaired) electrons. The average Bonchev–Trinajstić information content (AvgIpc) is 2.62. The van der Waals surface area contributed by atoms with Gasteiger partial charge in [0.25, 0.3) is 5.91 Å². The van der Waals surface area contributed by atoms with E-state index in [1.807, 2.05) is 27.7 Å². The number of ether oxygens (including phenoxy) is 1. The first-order valence-corrected chi connectivity index (χ1v) is 11.1. The third-order valence-electron chi connectivity index (χ3n) is 5.30. The van der Waals surface area contributed by atoms with Crippen LogP contribution in [0.1, 0.15) is 51.2 Å². The Kier molecular flexibility index (Phi) is 7.22. The van der Waals surface area contributed by atoms with Crippen LogP contribution >= 0.6 is 0 Å². The van der Waals surface area contributed by atoms with Gasteiger partial charge in [0, 0.05) is 12.1 Å². The fourth-order valence-electron chi connectivity index (χ4n) is 3.47. The van der Waals surface area contributed by atoms with Gasteiger partial charge in [0.2, 0.25) is 10.0 Å². The smallest absolute Gasteiger partial charge is 0.321 e. The monoisotopic (exact) mass is 410 g/mol. The Hall–Kier alpha value is -1.93. The van der Waals surface area contributed by atoms with Gasteiger partial charge in [-0.05, 0) is 77.1 Å². The standard InChI is InChI=1S/C20H30N2O5S/c1-13-9-10-18(11-14(13)2)28(25,26)21-12-19(23)27-17(5)20(24)22-15(3)7-6-8-16(22)4/h9-11,15-17,21H,6-8,12H2,1-5H3/t15-,16-,17+/m0/s1. The van der Waals surface area contributed by atoms with Gasteiger partial charge in [0.05, 0.1) is 4.90 Å². The van der Waals surface area contributed by atoms with Crippen LogP contribution in [0.25, 0.3) is 0 Å². The van der Waals surface area contributed by atoms with Crippen molar-refractivity contribution < 1.29 is 22.7 Å². The molecule has 156 valence electrons. The molecule has 1 amide bonds. The van der Waals surface area contributed by atoms with Crippen LogP contribution in [0.3, 0.4) is 0 Å². The molecular weight excluding hydrogens is 380 g/mol. The third-order valence-corrected chi connectivity index (χ3v) is 6.70. The van der Waals surface area contributed by atoms with Gasteiger partial charge < -0.3 is 9.64 Å². The van der Waals surface area contributed by atoms with Crippen LogP contribution < -0.4 is 4.72 Å². The van der Waals surface area contributed by atoms with E-state index >= 15 is 0 Å². The van der Waals surface area contributed by atoms with Gasteiger partial charge in [-0.25, -0.2) is 8.42 Å². The molecule has 0 aliphatic carbocycles. The van der Waals surface area contributed by atoms with E-state index in [1.54, 1.807) is 17.0 Å². The van der Waals surface area contributed by atoms with Gasteiger partial charge in [-0.15, -0.1) is 0 Å². The molecular formula is C20H30N2O5S. The number of piperidine rings is 1. The van der Waals surface area contributed by atoms with Crippen molar-refractivity contribution in [1.29, 1.82) is 0 Å². The molecule has 1 saturated heterocycles. The van der Waals surface area contributed by atoms with E-state index in [-0.39, 0.29) is 22.9 Å². The van der Waals surface area contributed by atoms with Crippen molar-refractivity contribution in [3.8, 4) is 0 Å². The van der Waals surface area contributed by atoms with Gasteiger partial charge in [-0.1, -0.05) is 6.07 Å². The fourth-order valence-corrected chi connectivity index (χ4v) is 4.53. The van der Waals surface area contributed by atoms with E-state index in [4.69, 9.17) is 4.74 Å². The van der Waals surface area contributed by atoms with Crippen LogP contribution in [-0.4, -0.2) is 49.9 Å². The lowest BCUT2D eigenvalue weighted by atomic mass is 9.97. The maximum atomic E-state index is 12.7. The average molecular weight is 411 g/mol. The molecule has 0 aromatic heterocycles. The van der Waals surface area contributed by atoms with Crippen molar-refractivity contribution in [2.75, 3.05) is 6.54 Å². The van der Waals surface area contributed by atoms with Crippen LogP contribution in [0.15, 0.2) is 23.1 Å². The molecule has 0 bridgehead atoms. The van der Waals surface area contributed by atoms with E-state index in [1.165, 1.54) is 13.0 Å². The summed E-state index contributed by atoms with van der Waals surface area (Å²) in [6, 6.07) is 4.95. The third kappa shape index (κ3) is 5.32. The molecule has 7 nitrogen and oxygen atoms in total. The number of nitrogens with one attached hydrogen (secondary N) is 1. The summed E-state index contributed by atoms with van der Waals surface area (Å²) in [5.41, 5.74) is 1.82. The highest BCUT2D eigenvalue weighted by Crippen LogP contribution is 2.23. The van der Waals surface area contributed by atoms with Gasteiger partial charge >= 0.3 is 5.97 Å². The lowest BCUT2D eigenvalue weighted by Gasteiger charge is -2.40. The highest BCUT2D eigenvalue weighted by Gasteiger charge is 2.33. The van der Waals surface area contributed by atoms with E-state index < -0.39 is 28.6 Å². The first-order valence-electron chi connectivity index (χ1n) is 9.61. The van der Waals surface area contributed by atoms with Crippen LogP contribution in [0.4, 0.5) is 0 Å². The number of nitrogens with zero attached hydrogens (tertiary/aromatic N) is 1. The summed E-state index contributed by atoms with van der Waals surface area (Å²) in [5, 5.41) is 0. The molecule has 1 N–H and O–H groups in total. The van der Waals surface area contributed by atoms with Crippen molar-refractivity contribution in [3.63, 3.8) is 0 Å². The molecule has 8 heteroatoms. The molecule has 2 rings (SSSR count). The van der Waals surface area contributed by atoms with Gasteiger partial charge in [-0.2, -0.15) is 4.72 Å². The zero-order valence-corrected chi connectivity index (χ0v) is 18.0. The zero-order valence-electron chi connectivity index (χ0n) is 17.2. The number of hydrogen-bond donors (Lipinski definition) is 1. The minimum Gasteiger partial charge on any atom is -0.452 e. The van der Waals surface area contributed by atoms with Crippen LogP contribution in [-0.2, 0) is 24.3 Å². The first kappa shape index (κ1) is 22.4. The molecule has 3 atom stereocenters. The van der Waals surface area contributed by atoms with Crippen molar-refractivity contribution in [2.45, 2.75) is 77.0 Å². The number of benzene rings is 1. The number of carbonyl (C=O) groups is 2. The number of carbonyl (C=O) groups excluding carboxylic acids is 2. The summed E-state index contributed by atoms with van der Waals surface area (Å²) in [6.07, 6.45) is 1.96. The quantitative estimate of drug-likeness (QED) is 0.727. The number of amides is 1. The van der Waals surface area contributed by atoms with Crippen LogP contribution in [0.2, 0.25) is 0 Å². The number of aryl methyl sites for hydroxylation is 2. The lowest BCUT2D eigenvalue weighted by Crippen LogP contribution is -2.51. The number of rotatable bonds is 6. The SMILES string of the molecule is Cc1ccc(S(=O)(=O)NCC(=O)O[C@H](C)C(=O)N2[C@@H](C)CCC[C@@H]2C)cc1C. The summed E-state index contributed by atoms with van der Waals surface area (Å²) >= 11 is 0. The molecule has 1 heterocycles. The zero-order chi connectivity index (χ0) is 21.1. The van der Waals surface area contributed by atoms with E-state index in [0.29, 0.717) is 0 Å². The predicted molar refractivity (Wildman–Crippen MR) is 106 cm³/mol. The summed E-state index contributed by atoms with van der Waals surface area (Å²) in [5.74, 6) is -1.03. The second kappa shape index (κ2) is 9.05. The van der Waals surface area contributed by atoms with Gasteiger partial charge in [0.15, 0.2) is 6.10 Å². The summed E-state index contributed by atoms with van der Waals surface area (Å²) < 4.78 is 32.1. The minimum absolute atomic E-state index is 0.0866. The second-order valence-electron chi connectivity index (χ2n) is 7.58. The Morgan fingerprint density at radius 1 is 1.18 bits per heavy atom. The topological polar surface area (TPSA) is 92.8 Å². The predicted octanol–water partition coefficient (Wildman–Crippen LogP) is 2.30. The largest absolute Gasteiger partial charge is 0.452 e. The Morgan fingerprint density at radius 3 is 2.36 bits per heavy atom. The molecule has 1 aromatic carbocycles. The maximum Gasteiger partial charge on any atom is 0.321 e. The molecule has 1 aliphatic rings. The Labute approximate surface area is 167 Å². The summed E-state index contributed by atoms with van der Waals surface area (Å²) in [6.45, 7) is 8.67. The molecule has 0 spiro atoms. The normalized spacial score (nSPS) is 21.2. The fraction of sp³-hybridized carbons (Fsp3) is 0.600. The maximum absolute atomic E-state index is 12.7. The van der Waals surface area contributed by atoms with Gasteiger partial charge in [0.1, 0.15) is 6.54 Å². The number of likely N-dealkylation sites (tertiary alicyclic amines) is 1.